The molecule has 0 aromatic carbocycles. The number of hydrogen-bond donors (Lipinski definition) is 1. The average Bonchev–Trinajstić information content (AvgIpc) is 2.78. The van der Waals surface area contributed by atoms with Gasteiger partial charge in [0.15, 0.2) is 0 Å². The molecule has 5 nitrogen and oxygen atoms in total. The number of hydrogen-bond acceptors (Lipinski definition) is 3. The molecule has 1 heterocycles. The van der Waals surface area contributed by atoms with Crippen LogP contribution in [0.4, 0.5) is 4.79 Å². The summed E-state index contributed by atoms with van der Waals surface area (Å²) in [6.07, 6.45) is 1.44. The fourth-order valence-corrected chi connectivity index (χ4v) is 2.29. The Bertz CT molecular complexity index is 349. The molecular formula is C12H20N2O3. The number of nitrogens with two attached hydrogens (primary N) is 1. The van der Waals surface area contributed by atoms with E-state index in [9.17, 15) is 9.59 Å². The third-order valence-corrected chi connectivity index (χ3v) is 3.59. The molecule has 0 bridgehead atoms. The predicted octanol–water partition coefficient (Wildman–Crippen LogP) is 1.12. The van der Waals surface area contributed by atoms with Gasteiger partial charge in [0.05, 0.1) is 5.41 Å². The first-order valence-electron chi connectivity index (χ1n) is 6.02. The monoisotopic (exact) mass is 240 g/mol. The van der Waals surface area contributed by atoms with Crippen molar-refractivity contribution in [2.75, 3.05) is 13.1 Å². The van der Waals surface area contributed by atoms with Gasteiger partial charge >= 0.3 is 6.09 Å². The summed E-state index contributed by atoms with van der Waals surface area (Å²) in [5.41, 5.74) is 4.60. The van der Waals surface area contributed by atoms with E-state index in [4.69, 9.17) is 10.5 Å². The van der Waals surface area contributed by atoms with E-state index < -0.39 is 5.60 Å². The molecule has 5 heteroatoms. The zero-order valence-corrected chi connectivity index (χ0v) is 10.7. The molecule has 2 amide bonds. The van der Waals surface area contributed by atoms with Crippen LogP contribution >= 0.6 is 0 Å². The molecule has 0 aromatic heterocycles. The Kier molecular flexibility index (Phi) is 2.60. The molecule has 2 aliphatic rings. The second-order valence-electron chi connectivity index (χ2n) is 6.10. The molecular weight excluding hydrogens is 220 g/mol. The van der Waals surface area contributed by atoms with Gasteiger partial charge in [-0.1, -0.05) is 0 Å². The summed E-state index contributed by atoms with van der Waals surface area (Å²) >= 11 is 0. The van der Waals surface area contributed by atoms with Crippen molar-refractivity contribution < 1.29 is 14.3 Å². The third-order valence-electron chi connectivity index (χ3n) is 3.59. The number of nitrogens with zero attached hydrogens (tertiary/aromatic N) is 1. The topological polar surface area (TPSA) is 72.6 Å². The van der Waals surface area contributed by atoms with Gasteiger partial charge in [0.25, 0.3) is 0 Å². The van der Waals surface area contributed by atoms with Crippen LogP contribution < -0.4 is 5.73 Å². The lowest BCUT2D eigenvalue weighted by Crippen LogP contribution is -2.56. The van der Waals surface area contributed by atoms with E-state index >= 15 is 0 Å². The predicted molar refractivity (Wildman–Crippen MR) is 62.2 cm³/mol. The Balaban J connectivity index is 1.83. The summed E-state index contributed by atoms with van der Waals surface area (Å²) in [6, 6.07) is 0. The second kappa shape index (κ2) is 3.62. The fourth-order valence-electron chi connectivity index (χ4n) is 2.29. The van der Waals surface area contributed by atoms with E-state index in [-0.39, 0.29) is 23.3 Å². The summed E-state index contributed by atoms with van der Waals surface area (Å²) in [5, 5.41) is 0. The first-order chi connectivity index (χ1) is 7.74. The van der Waals surface area contributed by atoms with Crippen molar-refractivity contribution in [1.29, 1.82) is 0 Å². The number of carbonyl (C=O) groups excluding carboxylic acids is 2. The molecule has 1 saturated carbocycles. The Morgan fingerprint density at radius 1 is 1.29 bits per heavy atom. The van der Waals surface area contributed by atoms with Crippen LogP contribution in [0.5, 0.6) is 0 Å². The van der Waals surface area contributed by atoms with E-state index in [2.05, 4.69) is 0 Å². The van der Waals surface area contributed by atoms with Gasteiger partial charge in [-0.15, -0.1) is 0 Å². The van der Waals surface area contributed by atoms with Crippen molar-refractivity contribution >= 4 is 12.0 Å². The van der Waals surface area contributed by atoms with E-state index in [1.54, 1.807) is 4.90 Å². The summed E-state index contributed by atoms with van der Waals surface area (Å²) in [4.78, 5) is 24.6. The first-order valence-corrected chi connectivity index (χ1v) is 6.02. The number of likely N-dealkylation sites (tertiary alicyclic amines) is 1. The molecule has 17 heavy (non-hydrogen) atoms. The highest BCUT2D eigenvalue weighted by Crippen LogP contribution is 2.54. The molecule has 0 unspecified atom stereocenters. The first kappa shape index (κ1) is 12.2. The van der Waals surface area contributed by atoms with E-state index in [1.807, 2.05) is 20.8 Å². The van der Waals surface area contributed by atoms with E-state index in [0.29, 0.717) is 13.1 Å². The molecule has 1 saturated heterocycles. The minimum absolute atomic E-state index is 0.216. The van der Waals surface area contributed by atoms with Gasteiger partial charge in [0.1, 0.15) is 5.60 Å². The Morgan fingerprint density at radius 2 is 1.82 bits per heavy atom. The van der Waals surface area contributed by atoms with Crippen LogP contribution in [0.15, 0.2) is 0 Å². The van der Waals surface area contributed by atoms with Gasteiger partial charge in [-0.25, -0.2) is 4.79 Å². The highest BCUT2D eigenvalue weighted by Gasteiger charge is 2.58. The minimum atomic E-state index is -0.469. The molecule has 2 fully saturated rings. The number of carbonyl (C=O) groups is 2. The van der Waals surface area contributed by atoms with Gasteiger partial charge < -0.3 is 15.4 Å². The Morgan fingerprint density at radius 3 is 2.18 bits per heavy atom. The number of primary amides is 1. The molecule has 2 rings (SSSR count). The van der Waals surface area contributed by atoms with Crippen molar-refractivity contribution in [3.05, 3.63) is 0 Å². The lowest BCUT2D eigenvalue weighted by atomic mass is 9.82. The third kappa shape index (κ3) is 2.23. The molecule has 0 spiro atoms. The fraction of sp³-hybridized carbons (Fsp3) is 0.833. The van der Waals surface area contributed by atoms with Crippen LogP contribution in [0.1, 0.15) is 33.6 Å². The number of rotatable bonds is 2. The quantitative estimate of drug-likeness (QED) is 0.786. The average molecular weight is 240 g/mol. The molecule has 2 N–H and O–H groups in total. The summed E-state index contributed by atoms with van der Waals surface area (Å²) in [5.74, 6) is 0.0128. The largest absolute Gasteiger partial charge is 0.444 e. The molecule has 1 aliphatic carbocycles. The maximum Gasteiger partial charge on any atom is 0.410 e. The molecule has 0 atom stereocenters. The zero-order valence-electron chi connectivity index (χ0n) is 10.7. The highest BCUT2D eigenvalue weighted by molar-refractivity contribution is 5.84. The van der Waals surface area contributed by atoms with Crippen LogP contribution in [-0.2, 0) is 9.53 Å². The van der Waals surface area contributed by atoms with Crippen molar-refractivity contribution in [3.63, 3.8) is 0 Å². The molecule has 1 aliphatic heterocycles. The van der Waals surface area contributed by atoms with Crippen LogP contribution in [0, 0.1) is 11.3 Å². The zero-order chi connectivity index (χ0) is 12.8. The van der Waals surface area contributed by atoms with Gasteiger partial charge in [-0.05, 0) is 33.6 Å². The van der Waals surface area contributed by atoms with Crippen LogP contribution in [0.2, 0.25) is 0 Å². The Hall–Kier alpha value is -1.26. The normalized spacial score (nSPS) is 22.9. The van der Waals surface area contributed by atoms with Gasteiger partial charge in [0.2, 0.25) is 5.91 Å². The Labute approximate surface area is 101 Å². The van der Waals surface area contributed by atoms with Crippen molar-refractivity contribution in [2.45, 2.75) is 39.2 Å². The maximum atomic E-state index is 11.7. The lowest BCUT2D eigenvalue weighted by molar-refractivity contribution is -0.127. The maximum absolute atomic E-state index is 11.7. The van der Waals surface area contributed by atoms with Crippen molar-refractivity contribution in [3.8, 4) is 0 Å². The standard InChI is InChI=1S/C12H20N2O3/c1-11(2,3)17-10(16)14-6-8(7-14)12(4-5-12)9(13)15/h8H,4-7H2,1-3H3,(H2,13,15). The van der Waals surface area contributed by atoms with Gasteiger partial charge in [-0.2, -0.15) is 0 Å². The van der Waals surface area contributed by atoms with E-state index in [1.165, 1.54) is 0 Å². The second-order valence-corrected chi connectivity index (χ2v) is 6.10. The number of ether oxygens (including phenoxy) is 1. The molecule has 96 valence electrons. The summed E-state index contributed by atoms with van der Waals surface area (Å²) < 4.78 is 5.25. The van der Waals surface area contributed by atoms with E-state index in [0.717, 1.165) is 12.8 Å². The van der Waals surface area contributed by atoms with Crippen LogP contribution in [-0.4, -0.2) is 35.6 Å². The van der Waals surface area contributed by atoms with Crippen LogP contribution in [0.3, 0.4) is 0 Å². The summed E-state index contributed by atoms with van der Waals surface area (Å²) in [6.45, 7) is 6.71. The summed E-state index contributed by atoms with van der Waals surface area (Å²) in [7, 11) is 0. The van der Waals surface area contributed by atoms with Gasteiger partial charge in [-0.3, -0.25) is 4.79 Å². The number of amides is 2. The van der Waals surface area contributed by atoms with Gasteiger partial charge in [0, 0.05) is 19.0 Å². The SMILES string of the molecule is CC(C)(C)OC(=O)N1CC(C2(C(N)=O)CC2)C1. The van der Waals surface area contributed by atoms with Crippen LogP contribution in [0.25, 0.3) is 0 Å². The van der Waals surface area contributed by atoms with Crippen molar-refractivity contribution in [1.82, 2.24) is 4.90 Å². The lowest BCUT2D eigenvalue weighted by Gasteiger charge is -2.43. The minimum Gasteiger partial charge on any atom is -0.444 e. The molecule has 0 radical (unpaired) electrons. The molecule has 0 aromatic rings. The smallest absolute Gasteiger partial charge is 0.410 e. The van der Waals surface area contributed by atoms with Crippen molar-refractivity contribution in [2.24, 2.45) is 17.1 Å². The highest BCUT2D eigenvalue weighted by atomic mass is 16.6.